The number of alkyl halides is 3. The minimum absolute atomic E-state index is 0.0307. The monoisotopic (exact) mass is 615 g/mol. The standard InChI is InChI=1S/C32H34F5N5O2/c1-3-5-6-24-20-40(15-16-41(24)23-8-10-25(11-9-23)44-32(35,36)37)28-12-7-21(17-26(28)34)19-38-31(43)30-27(4-2)39-29-18-22(33)13-14-42(29)30/h7-14,17-18,24H,3-6,15-16,19-20H2,1-2H3,(H,38,43)/t24-/m0/s1. The maximum atomic E-state index is 15.5. The van der Waals surface area contributed by atoms with Gasteiger partial charge in [-0.3, -0.25) is 9.20 Å². The van der Waals surface area contributed by atoms with Gasteiger partial charge in [-0.2, -0.15) is 0 Å². The zero-order valence-corrected chi connectivity index (χ0v) is 24.5. The molecule has 44 heavy (non-hydrogen) atoms. The molecule has 1 aliphatic heterocycles. The molecule has 1 fully saturated rings. The van der Waals surface area contributed by atoms with Crippen molar-refractivity contribution in [2.24, 2.45) is 0 Å². The summed E-state index contributed by atoms with van der Waals surface area (Å²) >= 11 is 0. The number of hydrogen-bond acceptors (Lipinski definition) is 5. The summed E-state index contributed by atoms with van der Waals surface area (Å²) in [5.41, 5.74) is 3.02. The van der Waals surface area contributed by atoms with Gasteiger partial charge in [-0.15, -0.1) is 13.2 Å². The van der Waals surface area contributed by atoms with Gasteiger partial charge in [0.25, 0.3) is 5.91 Å². The third kappa shape index (κ3) is 7.06. The van der Waals surface area contributed by atoms with Gasteiger partial charge in [0.15, 0.2) is 0 Å². The first-order valence-corrected chi connectivity index (χ1v) is 14.7. The van der Waals surface area contributed by atoms with Gasteiger partial charge in [-0.25, -0.2) is 13.8 Å². The van der Waals surface area contributed by atoms with Crippen molar-refractivity contribution in [1.82, 2.24) is 14.7 Å². The molecular formula is C32H34F5N5O2. The zero-order chi connectivity index (χ0) is 31.4. The molecule has 7 nitrogen and oxygen atoms in total. The molecule has 12 heteroatoms. The van der Waals surface area contributed by atoms with Crippen LogP contribution in [0.3, 0.4) is 0 Å². The Kier molecular flexibility index (Phi) is 9.26. The predicted molar refractivity (Wildman–Crippen MR) is 158 cm³/mol. The van der Waals surface area contributed by atoms with Gasteiger partial charge in [-0.1, -0.05) is 32.8 Å². The number of nitrogens with zero attached hydrogens (tertiary/aromatic N) is 4. The molecular weight excluding hydrogens is 581 g/mol. The zero-order valence-electron chi connectivity index (χ0n) is 24.5. The number of halogens is 5. The van der Waals surface area contributed by atoms with E-state index < -0.39 is 23.9 Å². The molecule has 1 saturated heterocycles. The van der Waals surface area contributed by atoms with Crippen molar-refractivity contribution in [1.29, 1.82) is 0 Å². The number of aryl methyl sites for hydroxylation is 1. The summed E-state index contributed by atoms with van der Waals surface area (Å²) in [5, 5.41) is 2.83. The number of imidazole rings is 1. The van der Waals surface area contributed by atoms with Crippen LogP contribution in [0.2, 0.25) is 0 Å². The smallest absolute Gasteiger partial charge is 0.406 e. The molecule has 2 aromatic carbocycles. The van der Waals surface area contributed by atoms with Crippen molar-refractivity contribution >= 4 is 22.9 Å². The molecule has 1 N–H and O–H groups in total. The van der Waals surface area contributed by atoms with Gasteiger partial charge in [0, 0.05) is 50.2 Å². The maximum absolute atomic E-state index is 15.5. The Bertz CT molecular complexity index is 1610. The third-order valence-electron chi connectivity index (χ3n) is 7.79. The molecule has 2 aromatic heterocycles. The van der Waals surface area contributed by atoms with Crippen molar-refractivity contribution in [3.63, 3.8) is 0 Å². The molecule has 1 amide bonds. The Morgan fingerprint density at radius 3 is 2.50 bits per heavy atom. The molecule has 234 valence electrons. The molecule has 0 radical (unpaired) electrons. The van der Waals surface area contributed by atoms with E-state index in [4.69, 9.17) is 0 Å². The number of fused-ring (bicyclic) bond motifs is 1. The van der Waals surface area contributed by atoms with Crippen molar-refractivity contribution in [3.05, 3.63) is 89.4 Å². The quantitative estimate of drug-likeness (QED) is 0.197. The highest BCUT2D eigenvalue weighted by atomic mass is 19.4. The lowest BCUT2D eigenvalue weighted by atomic mass is 10.0. The summed E-state index contributed by atoms with van der Waals surface area (Å²) in [5.74, 6) is -1.52. The highest BCUT2D eigenvalue weighted by Gasteiger charge is 2.32. The van der Waals surface area contributed by atoms with Gasteiger partial charge in [-0.05, 0) is 60.9 Å². The predicted octanol–water partition coefficient (Wildman–Crippen LogP) is 6.89. The number of carbonyl (C=O) groups is 1. The van der Waals surface area contributed by atoms with Gasteiger partial charge < -0.3 is 19.9 Å². The first-order chi connectivity index (χ1) is 21.1. The fraction of sp³-hybridized carbons (Fsp3) is 0.375. The summed E-state index contributed by atoms with van der Waals surface area (Å²) in [6.07, 6.45) is -0.0345. The molecule has 0 bridgehead atoms. The highest BCUT2D eigenvalue weighted by Crippen LogP contribution is 2.31. The van der Waals surface area contributed by atoms with Crippen LogP contribution in [0.25, 0.3) is 5.65 Å². The van der Waals surface area contributed by atoms with E-state index in [1.807, 2.05) is 11.8 Å². The Hall–Kier alpha value is -4.35. The SMILES string of the molecule is CCCC[C@H]1CN(c2ccc(CNC(=O)c3c(CC)nc4cc(F)ccn34)cc2F)CCN1c1ccc(OC(F)(F)F)cc1. The second-order valence-corrected chi connectivity index (χ2v) is 10.8. The number of nitrogens with one attached hydrogen (secondary N) is 1. The van der Waals surface area contributed by atoms with Crippen molar-refractivity contribution in [2.45, 2.75) is 58.5 Å². The third-order valence-corrected chi connectivity index (χ3v) is 7.79. The van der Waals surface area contributed by atoms with Crippen LogP contribution >= 0.6 is 0 Å². The topological polar surface area (TPSA) is 62.1 Å². The molecule has 0 aliphatic carbocycles. The number of unbranched alkanes of at least 4 members (excludes halogenated alkanes) is 1. The fourth-order valence-electron chi connectivity index (χ4n) is 5.68. The highest BCUT2D eigenvalue weighted by molar-refractivity contribution is 5.94. The minimum atomic E-state index is -4.75. The summed E-state index contributed by atoms with van der Waals surface area (Å²) in [6, 6.07) is 13.3. The molecule has 1 atom stereocenters. The van der Waals surface area contributed by atoms with Crippen molar-refractivity contribution in [2.75, 3.05) is 29.4 Å². The minimum Gasteiger partial charge on any atom is -0.406 e. The van der Waals surface area contributed by atoms with Crippen LogP contribution in [0, 0.1) is 11.6 Å². The average molecular weight is 616 g/mol. The van der Waals surface area contributed by atoms with Crippen LogP contribution in [0.1, 0.15) is 54.9 Å². The molecule has 1 aliphatic rings. The Balaban J connectivity index is 1.26. The van der Waals surface area contributed by atoms with E-state index in [2.05, 4.69) is 26.9 Å². The Morgan fingerprint density at radius 1 is 1.05 bits per heavy atom. The van der Waals surface area contributed by atoms with Gasteiger partial charge >= 0.3 is 6.36 Å². The second-order valence-electron chi connectivity index (χ2n) is 10.8. The molecule has 4 aromatic rings. The molecule has 0 saturated carbocycles. The average Bonchev–Trinajstić information content (AvgIpc) is 3.36. The van der Waals surface area contributed by atoms with E-state index in [-0.39, 0.29) is 18.3 Å². The van der Waals surface area contributed by atoms with Crippen LogP contribution < -0.4 is 19.9 Å². The summed E-state index contributed by atoms with van der Waals surface area (Å²) < 4.78 is 72.4. The van der Waals surface area contributed by atoms with Gasteiger partial charge in [0.05, 0.1) is 11.4 Å². The number of ether oxygens (including phenoxy) is 1. The number of pyridine rings is 1. The molecule has 0 spiro atoms. The van der Waals surface area contributed by atoms with E-state index in [1.165, 1.54) is 36.5 Å². The lowest BCUT2D eigenvalue weighted by Gasteiger charge is -2.44. The normalized spacial score (nSPS) is 15.6. The van der Waals surface area contributed by atoms with Crippen molar-refractivity contribution < 1.29 is 31.5 Å². The lowest BCUT2D eigenvalue weighted by Crippen LogP contribution is -2.53. The van der Waals surface area contributed by atoms with E-state index in [9.17, 15) is 22.4 Å². The number of carbonyl (C=O) groups excluding carboxylic acids is 1. The van der Waals surface area contributed by atoms with Crippen LogP contribution in [0.15, 0.2) is 60.8 Å². The summed E-state index contributed by atoms with van der Waals surface area (Å²) in [4.78, 5) is 21.6. The number of rotatable bonds is 10. The molecule has 0 unspecified atom stereocenters. The molecule has 5 rings (SSSR count). The first-order valence-electron chi connectivity index (χ1n) is 14.7. The van der Waals surface area contributed by atoms with Gasteiger partial charge in [0.2, 0.25) is 0 Å². The number of anilines is 2. The van der Waals surface area contributed by atoms with Crippen molar-refractivity contribution in [3.8, 4) is 5.75 Å². The fourth-order valence-corrected chi connectivity index (χ4v) is 5.68. The first kappa shape index (κ1) is 31.1. The molecule has 3 heterocycles. The second kappa shape index (κ2) is 13.1. The number of aromatic nitrogens is 2. The van der Waals surface area contributed by atoms with Crippen LogP contribution in [0.4, 0.5) is 33.3 Å². The summed E-state index contributed by atoms with van der Waals surface area (Å²) in [7, 11) is 0. The summed E-state index contributed by atoms with van der Waals surface area (Å²) in [6.45, 7) is 5.67. The van der Waals surface area contributed by atoms with E-state index in [0.29, 0.717) is 54.3 Å². The van der Waals surface area contributed by atoms with Gasteiger partial charge in [0.1, 0.15) is 28.7 Å². The lowest BCUT2D eigenvalue weighted by molar-refractivity contribution is -0.274. The van der Waals surface area contributed by atoms with E-state index in [0.717, 1.165) is 24.9 Å². The largest absolute Gasteiger partial charge is 0.573 e. The van der Waals surface area contributed by atoms with E-state index in [1.54, 1.807) is 28.7 Å². The number of piperazine rings is 1. The van der Waals surface area contributed by atoms with Crippen LogP contribution in [-0.4, -0.2) is 47.3 Å². The number of hydrogen-bond donors (Lipinski definition) is 1. The van der Waals surface area contributed by atoms with Crippen LogP contribution in [-0.2, 0) is 13.0 Å². The van der Waals surface area contributed by atoms with E-state index >= 15 is 4.39 Å². The number of benzene rings is 2. The maximum Gasteiger partial charge on any atom is 0.573 e. The Labute approximate surface area is 252 Å². The number of amides is 1. The Morgan fingerprint density at radius 2 is 1.82 bits per heavy atom. The van der Waals surface area contributed by atoms with Crippen LogP contribution in [0.5, 0.6) is 5.75 Å².